The van der Waals surface area contributed by atoms with Crippen molar-refractivity contribution in [2.24, 2.45) is 0 Å². The van der Waals surface area contributed by atoms with Gasteiger partial charge in [0, 0.05) is 31.4 Å². The Morgan fingerprint density at radius 2 is 1.52 bits per heavy atom. The highest BCUT2D eigenvalue weighted by Gasteiger charge is 2.43. The van der Waals surface area contributed by atoms with E-state index in [4.69, 9.17) is 5.11 Å². The molecule has 0 spiro atoms. The van der Waals surface area contributed by atoms with Crippen molar-refractivity contribution in [2.45, 2.75) is 84.0 Å². The summed E-state index contributed by atoms with van der Waals surface area (Å²) in [6, 6.07) is 13.3. The van der Waals surface area contributed by atoms with Gasteiger partial charge in [0.1, 0.15) is 6.54 Å². The van der Waals surface area contributed by atoms with Crippen molar-refractivity contribution >= 4 is 28.1 Å². The summed E-state index contributed by atoms with van der Waals surface area (Å²) in [5, 5.41) is 11.4. The molecular weight excluding hydrogens is 358 g/mol. The maximum absolute atomic E-state index is 10.5. The molecule has 2 aromatic rings. The molecule has 0 fully saturated rings. The van der Waals surface area contributed by atoms with Crippen LogP contribution in [0.15, 0.2) is 36.4 Å². The van der Waals surface area contributed by atoms with Crippen molar-refractivity contribution in [1.82, 2.24) is 0 Å². The second-order valence-corrected chi connectivity index (χ2v) is 9.02. The Morgan fingerprint density at radius 1 is 0.897 bits per heavy atom. The molecule has 0 aliphatic carbocycles. The number of carbonyl (C=O) groups is 1. The molecule has 0 bridgehead atoms. The van der Waals surface area contributed by atoms with E-state index in [0.717, 1.165) is 19.4 Å². The Kier molecular flexibility index (Phi) is 7.10. The smallest absolute Gasteiger partial charge is 0.303 e. The first-order chi connectivity index (χ1) is 13.9. The van der Waals surface area contributed by atoms with E-state index >= 15 is 0 Å². The van der Waals surface area contributed by atoms with E-state index in [-0.39, 0.29) is 5.41 Å². The van der Waals surface area contributed by atoms with Crippen molar-refractivity contribution in [3.8, 4) is 0 Å². The second-order valence-electron chi connectivity index (χ2n) is 9.02. The van der Waals surface area contributed by atoms with Gasteiger partial charge in [0.25, 0.3) is 0 Å². The Bertz CT molecular complexity index is 895. The first-order valence-electron chi connectivity index (χ1n) is 11.3. The quantitative estimate of drug-likeness (QED) is 0.335. The topological polar surface area (TPSA) is 40.3 Å². The van der Waals surface area contributed by atoms with E-state index in [1.807, 2.05) is 0 Å². The van der Waals surface area contributed by atoms with Crippen LogP contribution in [0.5, 0.6) is 0 Å². The van der Waals surface area contributed by atoms with Gasteiger partial charge in [-0.15, -0.1) is 0 Å². The van der Waals surface area contributed by atoms with E-state index < -0.39 is 5.97 Å². The Hall–Kier alpha value is -2.16. The van der Waals surface area contributed by atoms with E-state index in [1.165, 1.54) is 66.3 Å². The molecule has 0 saturated heterocycles. The van der Waals surface area contributed by atoms with Crippen molar-refractivity contribution in [3.63, 3.8) is 0 Å². The van der Waals surface area contributed by atoms with Crippen LogP contribution in [0.1, 0.15) is 84.1 Å². The predicted octanol–water partition coefficient (Wildman–Crippen LogP) is 6.83. The zero-order valence-electron chi connectivity index (χ0n) is 18.3. The third-order valence-electron chi connectivity index (χ3n) is 6.65. The summed E-state index contributed by atoms with van der Waals surface area (Å²) in [7, 11) is 0. The predicted molar refractivity (Wildman–Crippen MR) is 122 cm³/mol. The number of carboxylic acids is 1. The average Bonchev–Trinajstić information content (AvgIpc) is 2.89. The molecule has 1 aliphatic rings. The number of fused-ring (bicyclic) bond motifs is 3. The van der Waals surface area contributed by atoms with Gasteiger partial charge >= 0.3 is 5.97 Å². The van der Waals surface area contributed by atoms with E-state index in [0.29, 0.717) is 6.42 Å². The molecule has 0 aromatic heterocycles. The van der Waals surface area contributed by atoms with E-state index in [2.05, 4.69) is 61.7 Å². The van der Waals surface area contributed by atoms with Crippen LogP contribution in [0, 0.1) is 0 Å². The number of unbranched alkanes of at least 4 members (excludes halogenated alkanes) is 7. The molecule has 2 aromatic carbocycles. The van der Waals surface area contributed by atoms with Gasteiger partial charge in [-0.1, -0.05) is 56.4 Å². The molecule has 3 heteroatoms. The highest BCUT2D eigenvalue weighted by atomic mass is 16.4. The van der Waals surface area contributed by atoms with Crippen molar-refractivity contribution in [2.75, 3.05) is 6.54 Å². The summed E-state index contributed by atoms with van der Waals surface area (Å²) in [6.07, 6.45) is 9.62. The lowest BCUT2D eigenvalue weighted by Crippen LogP contribution is -2.26. The van der Waals surface area contributed by atoms with Crippen LogP contribution >= 0.6 is 0 Å². The van der Waals surface area contributed by atoms with Gasteiger partial charge in [0.2, 0.25) is 5.69 Å². The number of carboxylic acid groups (broad SMARTS) is 1. The minimum Gasteiger partial charge on any atom is -0.481 e. The Morgan fingerprint density at radius 3 is 2.21 bits per heavy atom. The number of benzene rings is 2. The lowest BCUT2D eigenvalue weighted by Gasteiger charge is -2.17. The summed E-state index contributed by atoms with van der Waals surface area (Å²) in [5.41, 5.74) is 4.41. The summed E-state index contributed by atoms with van der Waals surface area (Å²) >= 11 is 0. The van der Waals surface area contributed by atoms with Crippen LogP contribution in [0.4, 0.5) is 5.69 Å². The number of rotatable bonds is 11. The first-order valence-corrected chi connectivity index (χ1v) is 11.3. The van der Waals surface area contributed by atoms with Gasteiger partial charge in [-0.25, -0.2) is 0 Å². The maximum atomic E-state index is 10.5. The monoisotopic (exact) mass is 394 g/mol. The van der Waals surface area contributed by atoms with Gasteiger partial charge in [0.05, 0.1) is 5.41 Å². The highest BCUT2D eigenvalue weighted by molar-refractivity contribution is 6.01. The molecule has 29 heavy (non-hydrogen) atoms. The SMILES string of the molecule is CC1=[N+](CCCCCCCCCCC(=O)O)c2ccc3ccccc3c2C1(C)C. The molecule has 3 rings (SSSR count). The van der Waals surface area contributed by atoms with E-state index in [9.17, 15) is 4.79 Å². The average molecular weight is 395 g/mol. The number of hydrogen-bond donors (Lipinski definition) is 1. The van der Waals surface area contributed by atoms with E-state index in [1.54, 1.807) is 0 Å². The van der Waals surface area contributed by atoms with Gasteiger partial charge in [0.15, 0.2) is 5.71 Å². The molecular formula is C26H36NO2+. The van der Waals surface area contributed by atoms with Crippen LogP contribution in [-0.2, 0) is 10.2 Å². The van der Waals surface area contributed by atoms with Crippen LogP contribution < -0.4 is 0 Å². The third-order valence-corrected chi connectivity index (χ3v) is 6.65. The minimum absolute atomic E-state index is 0.0755. The summed E-state index contributed by atoms with van der Waals surface area (Å²) in [5.74, 6) is -0.670. The maximum Gasteiger partial charge on any atom is 0.303 e. The lowest BCUT2D eigenvalue weighted by atomic mass is 9.80. The molecule has 0 amide bonds. The lowest BCUT2D eigenvalue weighted by molar-refractivity contribution is -0.439. The fraction of sp³-hybridized carbons (Fsp3) is 0.538. The fourth-order valence-electron chi connectivity index (χ4n) is 4.74. The molecule has 0 radical (unpaired) electrons. The molecule has 1 N–H and O–H groups in total. The molecule has 1 aliphatic heterocycles. The van der Waals surface area contributed by atoms with Crippen LogP contribution in [-0.4, -0.2) is 27.9 Å². The normalized spacial score (nSPS) is 15.1. The standard InChI is InChI=1S/C26H35NO2/c1-20-26(2,3)25-22-15-12-11-14-21(22)17-18-23(25)27(20)19-13-9-7-5-4-6-8-10-16-24(28)29/h11-12,14-15,17-18H,4-10,13,16,19H2,1-3H3/p+1. The van der Waals surface area contributed by atoms with Crippen molar-refractivity contribution in [3.05, 3.63) is 42.0 Å². The number of nitrogens with zero attached hydrogens (tertiary/aromatic N) is 1. The van der Waals surface area contributed by atoms with Gasteiger partial charge in [-0.2, -0.15) is 4.58 Å². The van der Waals surface area contributed by atoms with Gasteiger partial charge < -0.3 is 5.11 Å². The molecule has 0 atom stereocenters. The fourth-order valence-corrected chi connectivity index (χ4v) is 4.74. The van der Waals surface area contributed by atoms with Crippen molar-refractivity contribution in [1.29, 1.82) is 0 Å². The minimum atomic E-state index is -0.670. The third kappa shape index (κ3) is 4.88. The molecule has 3 nitrogen and oxygen atoms in total. The zero-order chi connectivity index (χ0) is 20.9. The summed E-state index contributed by atoms with van der Waals surface area (Å²) in [6.45, 7) is 8.11. The zero-order valence-corrected chi connectivity index (χ0v) is 18.3. The van der Waals surface area contributed by atoms with Crippen molar-refractivity contribution < 1.29 is 14.5 Å². The number of hydrogen-bond acceptors (Lipinski definition) is 1. The second kappa shape index (κ2) is 9.56. The molecule has 156 valence electrons. The largest absolute Gasteiger partial charge is 0.481 e. The highest BCUT2D eigenvalue weighted by Crippen LogP contribution is 2.43. The molecule has 1 heterocycles. The van der Waals surface area contributed by atoms with Gasteiger partial charge in [-0.05, 0) is 43.5 Å². The molecule has 0 saturated carbocycles. The summed E-state index contributed by atoms with van der Waals surface area (Å²) in [4.78, 5) is 10.5. The Balaban J connectivity index is 1.50. The van der Waals surface area contributed by atoms with Crippen LogP contribution in [0.25, 0.3) is 10.8 Å². The summed E-state index contributed by atoms with van der Waals surface area (Å²) < 4.78 is 2.55. The molecule has 0 unspecified atom stereocenters. The van der Waals surface area contributed by atoms with Crippen LogP contribution in [0.3, 0.4) is 0 Å². The first kappa shape index (κ1) is 21.5. The van der Waals surface area contributed by atoms with Gasteiger partial charge in [-0.3, -0.25) is 4.79 Å². The Labute approximate surface area is 175 Å². The van der Waals surface area contributed by atoms with Crippen LogP contribution in [0.2, 0.25) is 0 Å². The number of aliphatic carboxylic acids is 1.